The van der Waals surface area contributed by atoms with Crippen molar-refractivity contribution in [2.24, 2.45) is 0 Å². The van der Waals surface area contributed by atoms with Gasteiger partial charge in [0.2, 0.25) is 5.91 Å². The quantitative estimate of drug-likeness (QED) is 0.623. The summed E-state index contributed by atoms with van der Waals surface area (Å²) in [6, 6.07) is 0. The average molecular weight is 240 g/mol. The molecular weight excluding hydrogens is 224 g/mol. The number of hydrogen-bond acceptors (Lipinski definition) is 3. The Morgan fingerprint density at radius 2 is 2.38 bits per heavy atom. The normalized spacial score (nSPS) is 10.9. The molecule has 0 aliphatic carbocycles. The van der Waals surface area contributed by atoms with Crippen LogP contribution in [0.15, 0.2) is 22.3 Å². The van der Waals surface area contributed by atoms with E-state index in [-0.39, 0.29) is 17.3 Å². The highest BCUT2D eigenvalue weighted by Gasteiger charge is 2.07. The van der Waals surface area contributed by atoms with Crippen LogP contribution in [0.5, 0.6) is 0 Å². The van der Waals surface area contributed by atoms with Crippen molar-refractivity contribution < 1.29 is 4.79 Å². The van der Waals surface area contributed by atoms with Crippen LogP contribution >= 0.6 is 11.3 Å². The van der Waals surface area contributed by atoms with Crippen molar-refractivity contribution >= 4 is 17.2 Å². The van der Waals surface area contributed by atoms with E-state index in [2.05, 4.69) is 5.32 Å². The lowest BCUT2D eigenvalue weighted by Gasteiger charge is -2.05. The molecule has 1 aromatic rings. The van der Waals surface area contributed by atoms with Gasteiger partial charge in [-0.1, -0.05) is 23.5 Å². The summed E-state index contributed by atoms with van der Waals surface area (Å²) >= 11 is 1.12. The number of thiazole rings is 1. The van der Waals surface area contributed by atoms with Gasteiger partial charge in [-0.15, -0.1) is 0 Å². The first-order chi connectivity index (χ1) is 7.65. The number of rotatable bonds is 5. The van der Waals surface area contributed by atoms with Gasteiger partial charge in [0, 0.05) is 17.6 Å². The summed E-state index contributed by atoms with van der Waals surface area (Å²) in [4.78, 5) is 22.7. The van der Waals surface area contributed by atoms with E-state index in [9.17, 15) is 9.59 Å². The highest BCUT2D eigenvalue weighted by molar-refractivity contribution is 7.07. The zero-order valence-corrected chi connectivity index (χ0v) is 10.3. The van der Waals surface area contributed by atoms with Gasteiger partial charge in [-0.2, -0.15) is 0 Å². The molecule has 88 valence electrons. The van der Waals surface area contributed by atoms with E-state index in [0.29, 0.717) is 6.54 Å². The van der Waals surface area contributed by atoms with Gasteiger partial charge in [-0.3, -0.25) is 14.2 Å². The molecule has 0 saturated heterocycles. The van der Waals surface area contributed by atoms with Crippen LogP contribution in [0.4, 0.5) is 0 Å². The summed E-state index contributed by atoms with van der Waals surface area (Å²) in [5.41, 5.74) is 0.832. The Bertz CT molecular complexity index is 431. The van der Waals surface area contributed by atoms with E-state index in [1.54, 1.807) is 5.38 Å². The molecule has 1 heterocycles. The topological polar surface area (TPSA) is 51.1 Å². The molecule has 0 atom stereocenters. The van der Waals surface area contributed by atoms with Crippen LogP contribution in [0.25, 0.3) is 0 Å². The second kappa shape index (κ2) is 6.27. The predicted molar refractivity (Wildman–Crippen MR) is 65.8 cm³/mol. The van der Waals surface area contributed by atoms with Crippen LogP contribution in [0, 0.1) is 6.92 Å². The summed E-state index contributed by atoms with van der Waals surface area (Å²) in [5.74, 6) is -0.117. The number of nitrogens with one attached hydrogen (secondary N) is 1. The number of aromatic nitrogens is 1. The second-order valence-corrected chi connectivity index (χ2v) is 4.26. The fourth-order valence-corrected chi connectivity index (χ4v) is 1.99. The molecule has 0 aliphatic heterocycles. The van der Waals surface area contributed by atoms with Crippen LogP contribution in [-0.4, -0.2) is 17.0 Å². The van der Waals surface area contributed by atoms with Gasteiger partial charge in [0.15, 0.2) is 0 Å². The Kier molecular flexibility index (Phi) is 4.98. The van der Waals surface area contributed by atoms with Crippen molar-refractivity contribution in [2.75, 3.05) is 6.54 Å². The van der Waals surface area contributed by atoms with Gasteiger partial charge < -0.3 is 5.32 Å². The molecular formula is C11H16N2O2S. The van der Waals surface area contributed by atoms with Crippen molar-refractivity contribution in [1.29, 1.82) is 0 Å². The zero-order chi connectivity index (χ0) is 12.0. The molecule has 0 bridgehead atoms. The van der Waals surface area contributed by atoms with Crippen molar-refractivity contribution in [2.45, 2.75) is 26.8 Å². The van der Waals surface area contributed by atoms with Gasteiger partial charge in [-0.25, -0.2) is 0 Å². The Labute approximate surface area is 98.6 Å². The highest BCUT2D eigenvalue weighted by atomic mass is 32.1. The number of carbonyl (C=O) groups is 1. The number of aryl methyl sites for hydroxylation is 1. The van der Waals surface area contributed by atoms with Gasteiger partial charge in [-0.05, 0) is 20.3 Å². The SMILES string of the molecule is C/C=C/CCNC(=O)Cn1c(C)csc1=O. The molecule has 0 fully saturated rings. The third-order valence-corrected chi connectivity index (χ3v) is 3.03. The molecule has 0 unspecified atom stereocenters. The van der Waals surface area contributed by atoms with Gasteiger partial charge in [0.25, 0.3) is 0 Å². The molecule has 16 heavy (non-hydrogen) atoms. The summed E-state index contributed by atoms with van der Waals surface area (Å²) in [5, 5.41) is 4.52. The average Bonchev–Trinajstić information content (AvgIpc) is 2.56. The first-order valence-electron chi connectivity index (χ1n) is 5.18. The van der Waals surface area contributed by atoms with E-state index in [4.69, 9.17) is 0 Å². The van der Waals surface area contributed by atoms with E-state index >= 15 is 0 Å². The van der Waals surface area contributed by atoms with Crippen LogP contribution in [0.3, 0.4) is 0 Å². The minimum absolute atomic E-state index is 0.0823. The van der Waals surface area contributed by atoms with Crippen LogP contribution in [0.2, 0.25) is 0 Å². The largest absolute Gasteiger partial charge is 0.354 e. The maximum atomic E-state index is 11.5. The van der Waals surface area contributed by atoms with E-state index in [0.717, 1.165) is 23.5 Å². The molecule has 1 N–H and O–H groups in total. The Morgan fingerprint density at radius 3 is 2.94 bits per heavy atom. The second-order valence-electron chi connectivity index (χ2n) is 3.44. The van der Waals surface area contributed by atoms with E-state index in [1.165, 1.54) is 4.57 Å². The van der Waals surface area contributed by atoms with Crippen LogP contribution in [-0.2, 0) is 11.3 Å². The molecule has 1 amide bonds. The highest BCUT2D eigenvalue weighted by Crippen LogP contribution is 1.98. The van der Waals surface area contributed by atoms with E-state index < -0.39 is 0 Å². The molecule has 1 rings (SSSR count). The number of allylic oxidation sites excluding steroid dienone is 1. The fourth-order valence-electron chi connectivity index (χ4n) is 1.26. The fraction of sp³-hybridized carbons (Fsp3) is 0.455. The molecule has 0 saturated carbocycles. The first kappa shape index (κ1) is 12.7. The minimum Gasteiger partial charge on any atom is -0.354 e. The van der Waals surface area contributed by atoms with Gasteiger partial charge >= 0.3 is 4.87 Å². The Balaban J connectivity index is 2.43. The summed E-state index contributed by atoms with van der Waals surface area (Å²) in [6.07, 6.45) is 4.75. The lowest BCUT2D eigenvalue weighted by atomic mass is 10.4. The molecule has 0 spiro atoms. The molecule has 1 aromatic heterocycles. The smallest absolute Gasteiger partial charge is 0.307 e. The first-order valence-corrected chi connectivity index (χ1v) is 6.06. The van der Waals surface area contributed by atoms with Crippen molar-refractivity contribution in [3.63, 3.8) is 0 Å². The van der Waals surface area contributed by atoms with Crippen LogP contribution < -0.4 is 10.2 Å². The zero-order valence-electron chi connectivity index (χ0n) is 9.53. The standard InChI is InChI=1S/C11H16N2O2S/c1-3-4-5-6-12-10(14)7-13-9(2)8-16-11(13)15/h3-4,8H,5-7H2,1-2H3,(H,12,14)/b4-3+. The number of hydrogen-bond donors (Lipinski definition) is 1. The Morgan fingerprint density at radius 1 is 1.62 bits per heavy atom. The summed E-state index contributed by atoms with van der Waals surface area (Å²) in [7, 11) is 0. The molecule has 0 aromatic carbocycles. The maximum Gasteiger partial charge on any atom is 0.307 e. The third kappa shape index (κ3) is 3.66. The molecule has 0 aliphatic rings. The number of carbonyl (C=O) groups excluding carboxylic acids is 1. The van der Waals surface area contributed by atoms with Crippen molar-refractivity contribution in [1.82, 2.24) is 9.88 Å². The predicted octanol–water partition coefficient (Wildman–Crippen LogP) is 1.30. The summed E-state index contributed by atoms with van der Waals surface area (Å²) < 4.78 is 1.48. The molecule has 4 nitrogen and oxygen atoms in total. The monoisotopic (exact) mass is 240 g/mol. The third-order valence-electron chi connectivity index (χ3n) is 2.15. The molecule has 5 heteroatoms. The number of nitrogens with zero attached hydrogens (tertiary/aromatic N) is 1. The van der Waals surface area contributed by atoms with Gasteiger partial charge in [0.05, 0.1) is 0 Å². The maximum absolute atomic E-state index is 11.5. The Hall–Kier alpha value is -1.36. The minimum atomic E-state index is -0.117. The van der Waals surface area contributed by atoms with Gasteiger partial charge in [0.1, 0.15) is 6.54 Å². The lowest BCUT2D eigenvalue weighted by molar-refractivity contribution is -0.121. The molecule has 0 radical (unpaired) electrons. The number of amides is 1. The summed E-state index contributed by atoms with van der Waals surface area (Å²) in [6.45, 7) is 4.49. The van der Waals surface area contributed by atoms with Crippen molar-refractivity contribution in [3.8, 4) is 0 Å². The van der Waals surface area contributed by atoms with Crippen LogP contribution in [0.1, 0.15) is 19.0 Å². The van der Waals surface area contributed by atoms with E-state index in [1.807, 2.05) is 26.0 Å². The lowest BCUT2D eigenvalue weighted by Crippen LogP contribution is -2.31. The van der Waals surface area contributed by atoms with Crippen molar-refractivity contribution in [3.05, 3.63) is 32.9 Å².